The molecule has 1 heterocycles. The van der Waals surface area contributed by atoms with Crippen molar-refractivity contribution in [1.29, 1.82) is 0 Å². The Labute approximate surface area is 199 Å². The van der Waals surface area contributed by atoms with Crippen molar-refractivity contribution in [2.45, 2.75) is 43.8 Å². The lowest BCUT2D eigenvalue weighted by Gasteiger charge is -2.21. The quantitative estimate of drug-likeness (QED) is 0.358. The second-order valence-corrected chi connectivity index (χ2v) is 11.1. The van der Waals surface area contributed by atoms with E-state index in [1.807, 2.05) is 28.8 Å². The molecule has 3 rings (SSSR count). The summed E-state index contributed by atoms with van der Waals surface area (Å²) >= 11 is 3.40. The van der Waals surface area contributed by atoms with E-state index in [-0.39, 0.29) is 5.91 Å². The number of rotatable bonds is 10. The fraction of sp³-hybridized carbons (Fsp3) is 0.440. The van der Waals surface area contributed by atoms with Crippen LogP contribution < -0.4 is 9.64 Å². The Bertz CT molecular complexity index is 1050. The molecule has 172 valence electrons. The van der Waals surface area contributed by atoms with E-state index in [1.54, 1.807) is 18.4 Å². The van der Waals surface area contributed by atoms with Crippen LogP contribution >= 0.6 is 23.1 Å². The van der Waals surface area contributed by atoms with Crippen LogP contribution in [0.1, 0.15) is 31.4 Å². The van der Waals surface area contributed by atoms with Gasteiger partial charge in [0.05, 0.1) is 18.2 Å². The number of anilines is 1. The van der Waals surface area contributed by atoms with Crippen LogP contribution in [-0.2, 0) is 11.2 Å². The first-order chi connectivity index (χ1) is 15.3. The molecule has 0 saturated carbocycles. The maximum Gasteiger partial charge on any atom is 0.233 e. The molecule has 0 N–H and O–H groups in total. The number of methoxy groups -OCH3 is 1. The molecule has 0 fully saturated rings. The lowest BCUT2D eigenvalue weighted by Crippen LogP contribution is -2.34. The fourth-order valence-electron chi connectivity index (χ4n) is 3.48. The smallest absolute Gasteiger partial charge is 0.233 e. The van der Waals surface area contributed by atoms with Crippen molar-refractivity contribution in [2.24, 2.45) is 0 Å². The van der Waals surface area contributed by atoms with E-state index in [0.29, 0.717) is 18.2 Å². The van der Waals surface area contributed by atoms with E-state index in [0.717, 1.165) is 45.2 Å². The van der Waals surface area contributed by atoms with Gasteiger partial charge in [0.1, 0.15) is 11.3 Å². The van der Waals surface area contributed by atoms with Gasteiger partial charge in [-0.25, -0.2) is 4.98 Å². The average molecular weight is 472 g/mol. The number of thioether (sulfide) groups is 1. The lowest BCUT2D eigenvalue weighted by atomic mass is 10.1. The van der Waals surface area contributed by atoms with Gasteiger partial charge in [-0.15, -0.1) is 11.8 Å². The third-order valence-electron chi connectivity index (χ3n) is 5.08. The second kappa shape index (κ2) is 11.2. The number of aromatic nitrogens is 1. The molecule has 3 aromatic rings. The van der Waals surface area contributed by atoms with Gasteiger partial charge in [-0.05, 0) is 63.3 Å². The molecule has 0 spiro atoms. The van der Waals surface area contributed by atoms with Crippen molar-refractivity contribution >= 4 is 44.4 Å². The van der Waals surface area contributed by atoms with Gasteiger partial charge in [0, 0.05) is 16.7 Å². The predicted molar refractivity (Wildman–Crippen MR) is 138 cm³/mol. The minimum atomic E-state index is 0.0729. The molecule has 0 saturated heterocycles. The van der Waals surface area contributed by atoms with Crippen LogP contribution in [0.5, 0.6) is 5.75 Å². The zero-order valence-electron chi connectivity index (χ0n) is 19.8. The molecule has 2 aromatic carbocycles. The Balaban J connectivity index is 1.86. The predicted octanol–water partition coefficient (Wildman–Crippen LogP) is 5.64. The standard InChI is InChI=1S/C25H33N3O2S2/c1-17(2)31-20-11-9-19(10-12-20)16-22(29)28(15-7-14-27(4)5)25-26-23-21(30-6)13-8-18(3)24(23)32-25/h8-13,17H,7,14-16H2,1-6H3. The summed E-state index contributed by atoms with van der Waals surface area (Å²) in [5.41, 5.74) is 2.99. The summed E-state index contributed by atoms with van der Waals surface area (Å²) in [6.07, 6.45) is 1.25. The Hall–Kier alpha value is -2.09. The van der Waals surface area contributed by atoms with Crippen molar-refractivity contribution in [2.75, 3.05) is 39.2 Å². The molecule has 0 aliphatic heterocycles. The summed E-state index contributed by atoms with van der Waals surface area (Å²) in [7, 11) is 5.76. The number of carbonyl (C=O) groups is 1. The van der Waals surface area contributed by atoms with Gasteiger partial charge in [0.15, 0.2) is 5.13 Å². The Morgan fingerprint density at radius 3 is 2.47 bits per heavy atom. The number of thiazole rings is 1. The van der Waals surface area contributed by atoms with E-state index in [9.17, 15) is 4.79 Å². The van der Waals surface area contributed by atoms with Crippen LogP contribution in [0.25, 0.3) is 10.2 Å². The molecule has 7 heteroatoms. The van der Waals surface area contributed by atoms with Crippen molar-refractivity contribution < 1.29 is 9.53 Å². The van der Waals surface area contributed by atoms with Gasteiger partial charge in [0.25, 0.3) is 0 Å². The first-order valence-corrected chi connectivity index (χ1v) is 12.6. The Morgan fingerprint density at radius 2 is 1.84 bits per heavy atom. The van der Waals surface area contributed by atoms with Crippen molar-refractivity contribution in [1.82, 2.24) is 9.88 Å². The van der Waals surface area contributed by atoms with Crippen LogP contribution in [-0.4, -0.2) is 55.3 Å². The lowest BCUT2D eigenvalue weighted by molar-refractivity contribution is -0.118. The molecule has 1 aromatic heterocycles. The number of amides is 1. The summed E-state index contributed by atoms with van der Waals surface area (Å²) in [4.78, 5) is 23.5. The monoisotopic (exact) mass is 471 g/mol. The summed E-state index contributed by atoms with van der Waals surface area (Å²) in [5.74, 6) is 0.815. The maximum absolute atomic E-state index is 13.4. The molecule has 0 unspecified atom stereocenters. The van der Waals surface area contributed by atoms with Gasteiger partial charge in [-0.1, -0.05) is 43.4 Å². The van der Waals surface area contributed by atoms with Crippen molar-refractivity contribution in [3.63, 3.8) is 0 Å². The molecule has 0 atom stereocenters. The summed E-state index contributed by atoms with van der Waals surface area (Å²) in [5, 5.41) is 1.28. The maximum atomic E-state index is 13.4. The molecule has 0 aliphatic carbocycles. The highest BCUT2D eigenvalue weighted by atomic mass is 32.2. The number of hydrogen-bond donors (Lipinski definition) is 0. The molecule has 0 radical (unpaired) electrons. The number of ether oxygens (including phenoxy) is 1. The normalized spacial score (nSPS) is 11.5. The summed E-state index contributed by atoms with van der Waals surface area (Å²) in [6.45, 7) is 7.99. The third-order valence-corrected chi connectivity index (χ3v) is 7.31. The summed E-state index contributed by atoms with van der Waals surface area (Å²) < 4.78 is 6.58. The topological polar surface area (TPSA) is 45.7 Å². The van der Waals surface area contributed by atoms with Gasteiger partial charge in [0.2, 0.25) is 5.91 Å². The molecule has 1 amide bonds. The highest BCUT2D eigenvalue weighted by Crippen LogP contribution is 2.36. The minimum absolute atomic E-state index is 0.0729. The van der Waals surface area contributed by atoms with E-state index < -0.39 is 0 Å². The highest BCUT2D eigenvalue weighted by Gasteiger charge is 2.22. The van der Waals surface area contributed by atoms with Gasteiger partial charge < -0.3 is 9.64 Å². The van der Waals surface area contributed by atoms with E-state index in [4.69, 9.17) is 9.72 Å². The number of nitrogens with zero attached hydrogens (tertiary/aromatic N) is 3. The zero-order chi connectivity index (χ0) is 23.3. The first-order valence-electron chi connectivity index (χ1n) is 10.9. The van der Waals surface area contributed by atoms with Crippen LogP contribution in [0.15, 0.2) is 41.3 Å². The number of aryl methyl sites for hydroxylation is 1. The fourth-order valence-corrected chi connectivity index (χ4v) is 5.41. The zero-order valence-corrected chi connectivity index (χ0v) is 21.5. The Kier molecular flexibility index (Phi) is 8.57. The van der Waals surface area contributed by atoms with E-state index in [2.05, 4.69) is 64.0 Å². The number of carbonyl (C=O) groups excluding carboxylic acids is 1. The van der Waals surface area contributed by atoms with Crippen LogP contribution in [0.2, 0.25) is 0 Å². The number of hydrogen-bond acceptors (Lipinski definition) is 6. The van der Waals surface area contributed by atoms with Crippen LogP contribution in [0.4, 0.5) is 5.13 Å². The largest absolute Gasteiger partial charge is 0.494 e. The van der Waals surface area contributed by atoms with E-state index >= 15 is 0 Å². The molecular formula is C25H33N3O2S2. The van der Waals surface area contributed by atoms with E-state index in [1.165, 1.54) is 4.90 Å². The summed E-state index contributed by atoms with van der Waals surface area (Å²) in [6, 6.07) is 12.3. The Morgan fingerprint density at radius 1 is 1.12 bits per heavy atom. The first kappa shape index (κ1) is 24.6. The number of fused-ring (bicyclic) bond motifs is 1. The molecule has 0 bridgehead atoms. The number of benzene rings is 2. The third kappa shape index (κ3) is 6.24. The highest BCUT2D eigenvalue weighted by molar-refractivity contribution is 7.99. The molecular weight excluding hydrogens is 438 g/mol. The van der Waals surface area contributed by atoms with Gasteiger partial charge in [-0.2, -0.15) is 0 Å². The van der Waals surface area contributed by atoms with Gasteiger partial charge in [-0.3, -0.25) is 9.69 Å². The SMILES string of the molecule is COc1ccc(C)c2sc(N(CCCN(C)C)C(=O)Cc3ccc(SC(C)C)cc3)nc12. The minimum Gasteiger partial charge on any atom is -0.494 e. The van der Waals surface area contributed by atoms with Gasteiger partial charge >= 0.3 is 0 Å². The second-order valence-electron chi connectivity index (χ2n) is 8.45. The van der Waals surface area contributed by atoms with Crippen molar-refractivity contribution in [3.8, 4) is 5.75 Å². The van der Waals surface area contributed by atoms with Crippen LogP contribution in [0, 0.1) is 6.92 Å². The average Bonchev–Trinajstić information content (AvgIpc) is 3.18. The molecule has 0 aliphatic rings. The van der Waals surface area contributed by atoms with Crippen LogP contribution in [0.3, 0.4) is 0 Å². The molecule has 32 heavy (non-hydrogen) atoms. The van der Waals surface area contributed by atoms with Crippen molar-refractivity contribution in [3.05, 3.63) is 47.5 Å². The molecule has 5 nitrogen and oxygen atoms in total.